The van der Waals surface area contributed by atoms with Crippen LogP contribution < -0.4 is 14.8 Å². The Hall–Kier alpha value is -3.81. The van der Waals surface area contributed by atoms with E-state index in [-0.39, 0.29) is 18.2 Å². The first-order chi connectivity index (χ1) is 13.6. The van der Waals surface area contributed by atoms with E-state index in [2.05, 4.69) is 15.3 Å². The van der Waals surface area contributed by atoms with Crippen molar-refractivity contribution < 1.29 is 23.8 Å². The van der Waals surface area contributed by atoms with Gasteiger partial charge in [0.1, 0.15) is 17.2 Å². The number of aromatic nitrogens is 2. The highest BCUT2D eigenvalue weighted by Crippen LogP contribution is 2.28. The lowest BCUT2D eigenvalue weighted by Gasteiger charge is -2.07. The quantitative estimate of drug-likeness (QED) is 0.630. The van der Waals surface area contributed by atoms with Crippen molar-refractivity contribution in [2.45, 2.75) is 6.92 Å². The van der Waals surface area contributed by atoms with Gasteiger partial charge in [-0.15, -0.1) is 0 Å². The van der Waals surface area contributed by atoms with Gasteiger partial charge >= 0.3 is 6.16 Å². The van der Waals surface area contributed by atoms with E-state index in [1.165, 1.54) is 6.20 Å². The van der Waals surface area contributed by atoms with Crippen molar-refractivity contribution in [1.29, 1.82) is 0 Å². The summed E-state index contributed by atoms with van der Waals surface area (Å²) in [6, 6.07) is 12.3. The molecule has 0 saturated carbocycles. The molecule has 0 aliphatic rings. The third kappa shape index (κ3) is 4.67. The Morgan fingerprint density at radius 1 is 1.07 bits per heavy atom. The predicted octanol–water partition coefficient (Wildman–Crippen LogP) is 3.76. The van der Waals surface area contributed by atoms with Gasteiger partial charge in [-0.1, -0.05) is 12.1 Å². The van der Waals surface area contributed by atoms with Crippen LogP contribution >= 0.6 is 0 Å². The van der Waals surface area contributed by atoms with Crippen molar-refractivity contribution in [3.63, 3.8) is 0 Å². The van der Waals surface area contributed by atoms with Crippen LogP contribution in [0.4, 0.5) is 4.79 Å². The van der Waals surface area contributed by atoms with Crippen LogP contribution in [-0.2, 0) is 4.74 Å². The summed E-state index contributed by atoms with van der Waals surface area (Å²) in [5.41, 5.74) is 2.03. The van der Waals surface area contributed by atoms with E-state index in [0.29, 0.717) is 17.4 Å². The summed E-state index contributed by atoms with van der Waals surface area (Å²) in [6.07, 6.45) is 2.48. The van der Waals surface area contributed by atoms with E-state index in [1.807, 2.05) is 12.1 Å². The Morgan fingerprint density at radius 2 is 1.86 bits per heavy atom. The molecule has 0 bridgehead atoms. The monoisotopic (exact) mass is 381 g/mol. The Morgan fingerprint density at radius 3 is 2.57 bits per heavy atom. The summed E-state index contributed by atoms with van der Waals surface area (Å²) in [4.78, 5) is 29.9. The first-order valence-electron chi connectivity index (χ1n) is 8.58. The molecule has 0 unspecified atom stereocenters. The van der Waals surface area contributed by atoms with Crippen molar-refractivity contribution in [2.75, 3.05) is 13.7 Å². The van der Waals surface area contributed by atoms with Crippen LogP contribution in [0.2, 0.25) is 0 Å². The topological polar surface area (TPSA) is 103 Å². The predicted molar refractivity (Wildman–Crippen MR) is 102 cm³/mol. The molecule has 2 N–H and O–H groups in total. The number of carbonyl (C=O) groups is 2. The van der Waals surface area contributed by atoms with Crippen molar-refractivity contribution in [3.8, 4) is 28.5 Å². The number of carbonyl (C=O) groups excluding carboxylic acids is 2. The molecule has 1 aromatic carbocycles. The number of H-pyrrole nitrogens is 1. The molecule has 28 heavy (non-hydrogen) atoms. The zero-order chi connectivity index (χ0) is 19.9. The number of hydrogen-bond acceptors (Lipinski definition) is 6. The second kappa shape index (κ2) is 8.72. The molecule has 0 saturated heterocycles. The van der Waals surface area contributed by atoms with Crippen molar-refractivity contribution >= 4 is 12.1 Å². The molecular weight excluding hydrogens is 362 g/mol. The molecule has 0 aliphatic carbocycles. The van der Waals surface area contributed by atoms with Crippen LogP contribution in [0.25, 0.3) is 11.1 Å². The average Bonchev–Trinajstić information content (AvgIpc) is 3.16. The van der Waals surface area contributed by atoms with E-state index < -0.39 is 6.16 Å². The summed E-state index contributed by atoms with van der Waals surface area (Å²) >= 11 is 0. The fraction of sp³-hybridized carbons (Fsp3) is 0.150. The van der Waals surface area contributed by atoms with E-state index in [9.17, 15) is 9.59 Å². The molecule has 0 atom stereocenters. The normalized spacial score (nSPS) is 10.2. The maximum atomic E-state index is 11.7. The molecule has 3 aromatic rings. The molecular formula is C20H19N3O5. The van der Waals surface area contributed by atoms with Gasteiger partial charge in [0.25, 0.3) is 5.91 Å². The fourth-order valence-corrected chi connectivity index (χ4v) is 2.41. The number of hydrogen-bond donors (Lipinski definition) is 2. The number of amides is 1. The Kier molecular flexibility index (Phi) is 5.91. The van der Waals surface area contributed by atoms with Gasteiger partial charge in [0.05, 0.1) is 6.61 Å². The van der Waals surface area contributed by atoms with Crippen LogP contribution in [-0.4, -0.2) is 35.7 Å². The van der Waals surface area contributed by atoms with Gasteiger partial charge in [-0.25, -0.2) is 4.79 Å². The molecule has 0 fully saturated rings. The van der Waals surface area contributed by atoms with Gasteiger partial charge in [-0.05, 0) is 30.7 Å². The average molecular weight is 381 g/mol. The first-order valence-corrected chi connectivity index (χ1v) is 8.58. The van der Waals surface area contributed by atoms with Gasteiger partial charge in [0.15, 0.2) is 0 Å². The van der Waals surface area contributed by atoms with Crippen molar-refractivity contribution in [1.82, 2.24) is 15.3 Å². The zero-order valence-corrected chi connectivity index (χ0v) is 15.4. The first kappa shape index (κ1) is 19.0. The highest BCUT2D eigenvalue weighted by molar-refractivity contribution is 5.92. The summed E-state index contributed by atoms with van der Waals surface area (Å²) in [5, 5.41) is 2.52. The van der Waals surface area contributed by atoms with Crippen LogP contribution in [0.5, 0.6) is 17.4 Å². The SMILES string of the molecule is CCOC(=O)Oc1cc(-c2ccc(Oc3ccnc(C(=O)NC)c3)cc2)c[nH]1. The third-order valence-corrected chi connectivity index (χ3v) is 3.73. The number of ether oxygens (including phenoxy) is 3. The van der Waals surface area contributed by atoms with Crippen molar-refractivity contribution in [3.05, 3.63) is 60.6 Å². The number of nitrogens with one attached hydrogen (secondary N) is 2. The largest absolute Gasteiger partial charge is 0.515 e. The molecule has 3 rings (SSSR count). The zero-order valence-electron chi connectivity index (χ0n) is 15.4. The number of benzene rings is 1. The Balaban J connectivity index is 1.68. The van der Waals surface area contributed by atoms with E-state index >= 15 is 0 Å². The van der Waals surface area contributed by atoms with E-state index in [0.717, 1.165) is 11.1 Å². The second-order valence-electron chi connectivity index (χ2n) is 5.62. The van der Waals surface area contributed by atoms with E-state index in [1.54, 1.807) is 50.5 Å². The van der Waals surface area contributed by atoms with Gasteiger partial charge < -0.3 is 24.5 Å². The highest BCUT2D eigenvalue weighted by Gasteiger charge is 2.10. The Labute approximate surface area is 161 Å². The van der Waals surface area contributed by atoms with Gasteiger partial charge in [-0.2, -0.15) is 0 Å². The molecule has 0 radical (unpaired) electrons. The highest BCUT2D eigenvalue weighted by atomic mass is 16.7. The summed E-state index contributed by atoms with van der Waals surface area (Å²) in [6.45, 7) is 1.95. The van der Waals surface area contributed by atoms with Gasteiger partial charge in [0.2, 0.25) is 5.88 Å². The Bertz CT molecular complexity index is 966. The summed E-state index contributed by atoms with van der Waals surface area (Å²) in [7, 11) is 1.54. The molecule has 8 heteroatoms. The van der Waals surface area contributed by atoms with Crippen LogP contribution in [0.1, 0.15) is 17.4 Å². The number of pyridine rings is 1. The second-order valence-corrected chi connectivity index (χ2v) is 5.62. The van der Waals surface area contributed by atoms with Gasteiger partial charge in [-0.3, -0.25) is 9.78 Å². The lowest BCUT2D eigenvalue weighted by Crippen LogP contribution is -2.18. The van der Waals surface area contributed by atoms with Crippen LogP contribution in [0.3, 0.4) is 0 Å². The summed E-state index contributed by atoms with van der Waals surface area (Å²) < 4.78 is 15.5. The molecule has 2 heterocycles. The number of rotatable bonds is 6. The minimum absolute atomic E-state index is 0.246. The lowest BCUT2D eigenvalue weighted by molar-refractivity contribution is 0.0956. The minimum Gasteiger partial charge on any atom is -0.457 e. The molecule has 2 aromatic heterocycles. The minimum atomic E-state index is -0.756. The maximum absolute atomic E-state index is 11.7. The molecule has 1 amide bonds. The number of aromatic amines is 1. The molecule has 0 aliphatic heterocycles. The van der Waals surface area contributed by atoms with Crippen molar-refractivity contribution in [2.24, 2.45) is 0 Å². The molecule has 0 spiro atoms. The molecule has 144 valence electrons. The number of nitrogens with zero attached hydrogens (tertiary/aromatic N) is 1. The lowest BCUT2D eigenvalue weighted by atomic mass is 10.1. The fourth-order valence-electron chi connectivity index (χ4n) is 2.41. The standard InChI is InChI=1S/C20H19N3O5/c1-3-26-20(25)28-18-10-14(12-23-18)13-4-6-15(7-5-13)27-16-8-9-22-17(11-16)19(24)21-2/h4-12,23H,3H2,1-2H3,(H,21,24). The maximum Gasteiger partial charge on any atom is 0.515 e. The van der Waals surface area contributed by atoms with Gasteiger partial charge in [0, 0.05) is 37.1 Å². The van der Waals surface area contributed by atoms with E-state index in [4.69, 9.17) is 14.2 Å². The smallest absolute Gasteiger partial charge is 0.457 e. The third-order valence-electron chi connectivity index (χ3n) is 3.73. The summed E-state index contributed by atoms with van der Waals surface area (Å²) in [5.74, 6) is 1.13. The van der Waals surface area contributed by atoms with Crippen LogP contribution in [0.15, 0.2) is 54.9 Å². The molecule has 8 nitrogen and oxygen atoms in total. The van der Waals surface area contributed by atoms with Crippen LogP contribution in [0, 0.1) is 0 Å².